The van der Waals surface area contributed by atoms with Gasteiger partial charge in [0.15, 0.2) is 0 Å². The van der Waals surface area contributed by atoms with E-state index in [9.17, 15) is 4.79 Å². The number of morpholine rings is 1. The highest BCUT2D eigenvalue weighted by atomic mass is 16.5. The Morgan fingerprint density at radius 3 is 2.78 bits per heavy atom. The SMILES string of the molecule is O=C(c1cnccn1)N1CCC2(CC1)COCCN2CC1CC1. The zero-order valence-corrected chi connectivity index (χ0v) is 13.5. The van der Waals surface area contributed by atoms with E-state index in [1.54, 1.807) is 18.6 Å². The van der Waals surface area contributed by atoms with Crippen molar-refractivity contribution in [1.29, 1.82) is 0 Å². The number of rotatable bonds is 3. The van der Waals surface area contributed by atoms with Crippen molar-refractivity contribution in [3.63, 3.8) is 0 Å². The number of carbonyl (C=O) groups is 1. The highest BCUT2D eigenvalue weighted by Crippen LogP contribution is 2.37. The zero-order chi connectivity index (χ0) is 15.7. The van der Waals surface area contributed by atoms with Gasteiger partial charge in [-0.25, -0.2) is 4.98 Å². The molecule has 6 heteroatoms. The van der Waals surface area contributed by atoms with Crippen LogP contribution in [0.1, 0.15) is 36.2 Å². The molecule has 4 rings (SSSR count). The fourth-order valence-corrected chi connectivity index (χ4v) is 3.82. The molecule has 0 aromatic carbocycles. The topological polar surface area (TPSA) is 58.6 Å². The van der Waals surface area contributed by atoms with Crippen LogP contribution in [0.5, 0.6) is 0 Å². The number of amides is 1. The lowest BCUT2D eigenvalue weighted by molar-refractivity contribution is -0.0933. The smallest absolute Gasteiger partial charge is 0.274 e. The molecular weight excluding hydrogens is 292 g/mol. The molecule has 124 valence electrons. The summed E-state index contributed by atoms with van der Waals surface area (Å²) in [5.74, 6) is 0.891. The van der Waals surface area contributed by atoms with E-state index in [1.807, 2.05) is 4.90 Å². The fraction of sp³-hybridized carbons (Fsp3) is 0.706. The third-order valence-corrected chi connectivity index (χ3v) is 5.49. The first-order valence-electron chi connectivity index (χ1n) is 8.65. The van der Waals surface area contributed by atoms with Crippen LogP contribution in [-0.4, -0.2) is 70.6 Å². The lowest BCUT2D eigenvalue weighted by Crippen LogP contribution is -2.62. The maximum atomic E-state index is 12.5. The van der Waals surface area contributed by atoms with E-state index >= 15 is 0 Å². The number of ether oxygens (including phenoxy) is 1. The Labute approximate surface area is 136 Å². The summed E-state index contributed by atoms with van der Waals surface area (Å²) in [5, 5.41) is 0. The van der Waals surface area contributed by atoms with E-state index in [4.69, 9.17) is 4.74 Å². The van der Waals surface area contributed by atoms with E-state index in [0.717, 1.165) is 51.6 Å². The summed E-state index contributed by atoms with van der Waals surface area (Å²) in [6, 6.07) is 0. The molecule has 1 saturated carbocycles. The average molecular weight is 316 g/mol. The highest BCUT2D eigenvalue weighted by molar-refractivity contribution is 5.92. The van der Waals surface area contributed by atoms with Gasteiger partial charge in [0.2, 0.25) is 0 Å². The molecule has 1 spiro atoms. The maximum Gasteiger partial charge on any atom is 0.274 e. The van der Waals surface area contributed by atoms with Crippen molar-refractivity contribution in [1.82, 2.24) is 19.8 Å². The van der Waals surface area contributed by atoms with E-state index in [2.05, 4.69) is 14.9 Å². The van der Waals surface area contributed by atoms with E-state index < -0.39 is 0 Å². The molecule has 3 fully saturated rings. The molecule has 0 radical (unpaired) electrons. The monoisotopic (exact) mass is 316 g/mol. The third kappa shape index (κ3) is 3.10. The summed E-state index contributed by atoms with van der Waals surface area (Å²) in [7, 11) is 0. The Morgan fingerprint density at radius 1 is 1.26 bits per heavy atom. The van der Waals surface area contributed by atoms with Gasteiger partial charge in [0.25, 0.3) is 5.91 Å². The minimum atomic E-state index is -0.00146. The van der Waals surface area contributed by atoms with Crippen molar-refractivity contribution in [3.05, 3.63) is 24.3 Å². The van der Waals surface area contributed by atoms with Crippen molar-refractivity contribution >= 4 is 5.91 Å². The number of likely N-dealkylation sites (tertiary alicyclic amines) is 1. The molecule has 2 aliphatic heterocycles. The minimum Gasteiger partial charge on any atom is -0.378 e. The normalized spacial score (nSPS) is 24.8. The molecule has 2 saturated heterocycles. The van der Waals surface area contributed by atoms with Crippen LogP contribution < -0.4 is 0 Å². The first-order chi connectivity index (χ1) is 11.3. The molecule has 0 atom stereocenters. The lowest BCUT2D eigenvalue weighted by atomic mass is 9.85. The van der Waals surface area contributed by atoms with Crippen molar-refractivity contribution in [2.45, 2.75) is 31.2 Å². The number of nitrogens with zero attached hydrogens (tertiary/aromatic N) is 4. The first-order valence-corrected chi connectivity index (χ1v) is 8.65. The van der Waals surface area contributed by atoms with Gasteiger partial charge in [0.1, 0.15) is 5.69 Å². The molecule has 0 N–H and O–H groups in total. The van der Waals surface area contributed by atoms with Crippen LogP contribution in [0.15, 0.2) is 18.6 Å². The lowest BCUT2D eigenvalue weighted by Gasteiger charge is -2.51. The van der Waals surface area contributed by atoms with Crippen molar-refractivity contribution in [2.24, 2.45) is 5.92 Å². The zero-order valence-electron chi connectivity index (χ0n) is 13.5. The van der Waals surface area contributed by atoms with Crippen molar-refractivity contribution in [3.8, 4) is 0 Å². The molecule has 1 aromatic heterocycles. The van der Waals surface area contributed by atoms with E-state index in [0.29, 0.717) is 5.69 Å². The molecule has 23 heavy (non-hydrogen) atoms. The predicted molar refractivity (Wildman–Crippen MR) is 85.0 cm³/mol. The van der Waals surface area contributed by atoms with Gasteiger partial charge in [-0.05, 0) is 31.6 Å². The summed E-state index contributed by atoms with van der Waals surface area (Å²) in [6.07, 6.45) is 9.46. The van der Waals surface area contributed by atoms with Gasteiger partial charge in [-0.2, -0.15) is 0 Å². The number of aromatic nitrogens is 2. The molecule has 6 nitrogen and oxygen atoms in total. The summed E-state index contributed by atoms with van der Waals surface area (Å²) >= 11 is 0. The maximum absolute atomic E-state index is 12.5. The Kier molecular flexibility index (Phi) is 4.03. The Hall–Kier alpha value is -1.53. The standard InChI is InChI=1S/C17H24N4O2/c22-16(15-11-18-5-6-19-15)20-7-3-17(4-8-20)13-23-10-9-21(17)12-14-1-2-14/h5-6,11,14H,1-4,7-10,12-13H2. The second-order valence-corrected chi connectivity index (χ2v) is 7.05. The number of hydrogen-bond acceptors (Lipinski definition) is 5. The van der Waals surface area contributed by atoms with Gasteiger partial charge in [-0.1, -0.05) is 0 Å². The molecule has 1 aromatic rings. The summed E-state index contributed by atoms with van der Waals surface area (Å²) in [4.78, 5) is 25.2. The molecule has 0 bridgehead atoms. The number of piperidine rings is 1. The summed E-state index contributed by atoms with van der Waals surface area (Å²) in [6.45, 7) is 5.46. The predicted octanol–water partition coefficient (Wildman–Crippen LogP) is 1.19. The molecule has 3 heterocycles. The molecule has 1 aliphatic carbocycles. The molecule has 0 unspecified atom stereocenters. The molecular formula is C17H24N4O2. The second kappa shape index (κ2) is 6.17. The summed E-state index contributed by atoms with van der Waals surface area (Å²) in [5.41, 5.74) is 0.582. The Balaban J connectivity index is 1.41. The largest absolute Gasteiger partial charge is 0.378 e. The quantitative estimate of drug-likeness (QED) is 0.838. The second-order valence-electron chi connectivity index (χ2n) is 7.05. The first kappa shape index (κ1) is 15.0. The third-order valence-electron chi connectivity index (χ3n) is 5.49. The van der Waals surface area contributed by atoms with Gasteiger partial charge in [0.05, 0.1) is 19.4 Å². The Bertz CT molecular complexity index is 553. The van der Waals surface area contributed by atoms with Gasteiger partial charge >= 0.3 is 0 Å². The molecule has 1 amide bonds. The van der Waals surface area contributed by atoms with Crippen LogP contribution in [0.3, 0.4) is 0 Å². The van der Waals surface area contributed by atoms with Gasteiger partial charge in [-0.15, -0.1) is 0 Å². The van der Waals surface area contributed by atoms with Crippen LogP contribution >= 0.6 is 0 Å². The molecule has 3 aliphatic rings. The van der Waals surface area contributed by atoms with E-state index in [1.165, 1.54) is 19.4 Å². The highest BCUT2D eigenvalue weighted by Gasteiger charge is 2.44. The van der Waals surface area contributed by atoms with Gasteiger partial charge < -0.3 is 9.64 Å². The van der Waals surface area contributed by atoms with Crippen LogP contribution in [0.4, 0.5) is 0 Å². The van der Waals surface area contributed by atoms with Crippen molar-refractivity contribution in [2.75, 3.05) is 39.4 Å². The van der Waals surface area contributed by atoms with E-state index in [-0.39, 0.29) is 11.4 Å². The van der Waals surface area contributed by atoms with Crippen LogP contribution in [0.2, 0.25) is 0 Å². The minimum absolute atomic E-state index is 0.00146. The number of hydrogen-bond donors (Lipinski definition) is 0. The van der Waals surface area contributed by atoms with Crippen LogP contribution in [0.25, 0.3) is 0 Å². The van der Waals surface area contributed by atoms with Gasteiger partial charge in [-0.3, -0.25) is 14.7 Å². The summed E-state index contributed by atoms with van der Waals surface area (Å²) < 4.78 is 5.81. The number of carbonyl (C=O) groups excluding carboxylic acids is 1. The van der Waals surface area contributed by atoms with Crippen LogP contribution in [-0.2, 0) is 4.74 Å². The van der Waals surface area contributed by atoms with Gasteiger partial charge in [0, 0.05) is 44.1 Å². The van der Waals surface area contributed by atoms with Crippen molar-refractivity contribution < 1.29 is 9.53 Å². The average Bonchev–Trinajstić information content (AvgIpc) is 3.42. The Morgan fingerprint density at radius 2 is 2.09 bits per heavy atom. The van der Waals surface area contributed by atoms with Crippen LogP contribution in [0, 0.1) is 5.92 Å². The fourth-order valence-electron chi connectivity index (χ4n) is 3.82.